The second-order valence-electron chi connectivity index (χ2n) is 2.61. The largest absolute Gasteiger partial charge is 0.377 e. The molecule has 0 aliphatic heterocycles. The summed E-state index contributed by atoms with van der Waals surface area (Å²) in [4.78, 5) is 4.14. The van der Waals surface area contributed by atoms with Crippen molar-refractivity contribution in [3.63, 3.8) is 0 Å². The topological polar surface area (TPSA) is 21.6 Å². The molecule has 0 aliphatic rings. The first kappa shape index (κ1) is 10.4. The van der Waals surface area contributed by atoms with E-state index >= 15 is 0 Å². The summed E-state index contributed by atoms with van der Waals surface area (Å²) in [5.74, 6) is 0. The smallest absolute Gasteiger partial charge is 0.0741 e. The molecule has 1 unspecified atom stereocenters. The van der Waals surface area contributed by atoms with E-state index in [9.17, 15) is 0 Å². The average Bonchev–Trinajstić information content (AvgIpc) is 1.87. The minimum atomic E-state index is 0.218. The van der Waals surface area contributed by atoms with E-state index in [-0.39, 0.29) is 6.10 Å². The molecule has 0 spiro atoms. The molecular weight excluding hydrogens is 138 g/mol. The monoisotopic (exact) mass is 155 g/mol. The molecule has 0 N–H and O–H groups in total. The van der Waals surface area contributed by atoms with Crippen LogP contribution < -0.4 is 0 Å². The minimum Gasteiger partial charge on any atom is -0.377 e. The first-order valence-corrected chi connectivity index (χ1v) is 3.93. The Morgan fingerprint density at radius 1 is 1.73 bits per heavy atom. The van der Waals surface area contributed by atoms with Gasteiger partial charge in [0.15, 0.2) is 0 Å². The standard InChI is InChI=1S/C9H17NO/c1-5-11-9(4)7-10-6-8(2)3/h6,9H,2,5,7H2,1,3-4H3/b10-6-. The molecule has 0 aromatic carbocycles. The molecule has 0 aliphatic carbocycles. The van der Waals surface area contributed by atoms with E-state index in [2.05, 4.69) is 11.6 Å². The van der Waals surface area contributed by atoms with Gasteiger partial charge in [0.05, 0.1) is 12.6 Å². The third kappa shape index (κ3) is 7.26. The van der Waals surface area contributed by atoms with E-state index in [1.807, 2.05) is 20.8 Å². The van der Waals surface area contributed by atoms with Crippen LogP contribution in [0.3, 0.4) is 0 Å². The SMILES string of the molecule is C=C(C)/C=N\CC(C)OCC. The van der Waals surface area contributed by atoms with E-state index in [0.29, 0.717) is 0 Å². The average molecular weight is 155 g/mol. The molecular formula is C9H17NO. The number of hydrogen-bond donors (Lipinski definition) is 0. The van der Waals surface area contributed by atoms with Crippen molar-refractivity contribution >= 4 is 6.21 Å². The van der Waals surface area contributed by atoms with Crippen LogP contribution in [-0.4, -0.2) is 25.5 Å². The molecule has 2 heteroatoms. The van der Waals surface area contributed by atoms with Gasteiger partial charge < -0.3 is 4.74 Å². The van der Waals surface area contributed by atoms with Gasteiger partial charge >= 0.3 is 0 Å². The lowest BCUT2D eigenvalue weighted by Gasteiger charge is -2.06. The van der Waals surface area contributed by atoms with E-state index in [1.165, 1.54) is 0 Å². The predicted octanol–water partition coefficient (Wildman–Crippen LogP) is 2.06. The summed E-state index contributed by atoms with van der Waals surface area (Å²) >= 11 is 0. The first-order valence-electron chi connectivity index (χ1n) is 3.93. The summed E-state index contributed by atoms with van der Waals surface area (Å²) in [5.41, 5.74) is 0.980. The maximum atomic E-state index is 5.28. The zero-order valence-electron chi connectivity index (χ0n) is 7.63. The molecule has 1 atom stereocenters. The number of hydrogen-bond acceptors (Lipinski definition) is 2. The number of nitrogens with zero attached hydrogens (tertiary/aromatic N) is 1. The van der Waals surface area contributed by atoms with Crippen LogP contribution in [0, 0.1) is 0 Å². The Balaban J connectivity index is 3.44. The van der Waals surface area contributed by atoms with Crippen LogP contribution in [0.5, 0.6) is 0 Å². The molecule has 11 heavy (non-hydrogen) atoms. The summed E-state index contributed by atoms with van der Waals surface area (Å²) in [6.07, 6.45) is 1.99. The first-order chi connectivity index (χ1) is 5.16. The highest BCUT2D eigenvalue weighted by Gasteiger charge is 1.95. The van der Waals surface area contributed by atoms with Crippen molar-refractivity contribution in [2.75, 3.05) is 13.2 Å². The van der Waals surface area contributed by atoms with E-state index in [0.717, 1.165) is 18.7 Å². The van der Waals surface area contributed by atoms with Crippen molar-refractivity contribution in [1.82, 2.24) is 0 Å². The second kappa shape index (κ2) is 6.10. The van der Waals surface area contributed by atoms with Crippen molar-refractivity contribution in [3.8, 4) is 0 Å². The molecule has 2 nitrogen and oxygen atoms in total. The fourth-order valence-electron chi connectivity index (χ4n) is 0.694. The molecule has 0 aromatic heterocycles. The lowest BCUT2D eigenvalue weighted by molar-refractivity contribution is 0.0830. The lowest BCUT2D eigenvalue weighted by atomic mass is 10.4. The molecule has 0 aromatic rings. The molecule has 0 fully saturated rings. The normalized spacial score (nSPS) is 13.7. The molecule has 0 bridgehead atoms. The van der Waals surface area contributed by atoms with Gasteiger partial charge in [-0.05, 0) is 26.3 Å². The van der Waals surface area contributed by atoms with Gasteiger partial charge in [0.1, 0.15) is 0 Å². The predicted molar refractivity (Wildman–Crippen MR) is 49.3 cm³/mol. The van der Waals surface area contributed by atoms with Crippen molar-refractivity contribution in [2.24, 2.45) is 4.99 Å². The van der Waals surface area contributed by atoms with Crippen molar-refractivity contribution < 1.29 is 4.74 Å². The molecule has 0 heterocycles. The van der Waals surface area contributed by atoms with Crippen molar-refractivity contribution in [1.29, 1.82) is 0 Å². The fraction of sp³-hybridized carbons (Fsp3) is 0.667. The van der Waals surface area contributed by atoms with Gasteiger partial charge in [-0.1, -0.05) is 6.58 Å². The highest BCUT2D eigenvalue weighted by molar-refractivity contribution is 5.76. The highest BCUT2D eigenvalue weighted by atomic mass is 16.5. The summed E-state index contributed by atoms with van der Waals surface area (Å²) < 4.78 is 5.28. The zero-order chi connectivity index (χ0) is 8.69. The van der Waals surface area contributed by atoms with Gasteiger partial charge in [0.2, 0.25) is 0 Å². The Morgan fingerprint density at radius 2 is 2.36 bits per heavy atom. The Bertz CT molecular complexity index is 140. The quantitative estimate of drug-likeness (QED) is 0.557. The Hall–Kier alpha value is -0.630. The zero-order valence-corrected chi connectivity index (χ0v) is 7.63. The maximum absolute atomic E-state index is 5.28. The van der Waals surface area contributed by atoms with Crippen LogP contribution in [0.4, 0.5) is 0 Å². The van der Waals surface area contributed by atoms with Gasteiger partial charge in [0.25, 0.3) is 0 Å². The molecule has 0 radical (unpaired) electrons. The van der Waals surface area contributed by atoms with Gasteiger partial charge in [-0.3, -0.25) is 4.99 Å². The van der Waals surface area contributed by atoms with Gasteiger partial charge in [0, 0.05) is 12.8 Å². The summed E-state index contributed by atoms with van der Waals surface area (Å²) in [7, 11) is 0. The van der Waals surface area contributed by atoms with Crippen LogP contribution in [0.25, 0.3) is 0 Å². The third-order valence-electron chi connectivity index (χ3n) is 1.13. The van der Waals surface area contributed by atoms with Gasteiger partial charge in [-0.25, -0.2) is 0 Å². The molecule has 0 rings (SSSR count). The molecule has 64 valence electrons. The van der Waals surface area contributed by atoms with Gasteiger partial charge in [-0.15, -0.1) is 0 Å². The van der Waals surface area contributed by atoms with E-state index < -0.39 is 0 Å². The van der Waals surface area contributed by atoms with Crippen molar-refractivity contribution in [3.05, 3.63) is 12.2 Å². The highest BCUT2D eigenvalue weighted by Crippen LogP contribution is 1.90. The Kier molecular flexibility index (Phi) is 5.75. The summed E-state index contributed by atoms with van der Waals surface area (Å²) in [6, 6.07) is 0. The fourth-order valence-corrected chi connectivity index (χ4v) is 0.694. The van der Waals surface area contributed by atoms with Crippen LogP contribution in [0.1, 0.15) is 20.8 Å². The second-order valence-corrected chi connectivity index (χ2v) is 2.61. The van der Waals surface area contributed by atoms with Crippen molar-refractivity contribution in [2.45, 2.75) is 26.9 Å². The van der Waals surface area contributed by atoms with E-state index in [4.69, 9.17) is 4.74 Å². The Morgan fingerprint density at radius 3 is 2.82 bits per heavy atom. The summed E-state index contributed by atoms with van der Waals surface area (Å²) in [6.45, 7) is 11.1. The molecule has 0 saturated heterocycles. The van der Waals surface area contributed by atoms with Crippen LogP contribution in [0.15, 0.2) is 17.1 Å². The van der Waals surface area contributed by atoms with E-state index in [1.54, 1.807) is 6.21 Å². The van der Waals surface area contributed by atoms with Crippen LogP contribution in [-0.2, 0) is 4.74 Å². The number of ether oxygens (including phenoxy) is 1. The minimum absolute atomic E-state index is 0.218. The van der Waals surface area contributed by atoms with Gasteiger partial charge in [-0.2, -0.15) is 0 Å². The number of rotatable bonds is 5. The number of aliphatic imine (C=N–C) groups is 1. The summed E-state index contributed by atoms with van der Waals surface area (Å²) in [5, 5.41) is 0. The molecule has 0 amide bonds. The van der Waals surface area contributed by atoms with Crippen LogP contribution in [0.2, 0.25) is 0 Å². The maximum Gasteiger partial charge on any atom is 0.0741 e. The lowest BCUT2D eigenvalue weighted by Crippen LogP contribution is -2.11. The Labute approximate surface area is 69.0 Å². The van der Waals surface area contributed by atoms with Crippen LogP contribution >= 0.6 is 0 Å². The number of allylic oxidation sites excluding steroid dienone is 1. The molecule has 0 saturated carbocycles. The third-order valence-corrected chi connectivity index (χ3v) is 1.13.